The highest BCUT2D eigenvalue weighted by Gasteiger charge is 2.38. The van der Waals surface area contributed by atoms with Crippen LogP contribution in [-0.4, -0.2) is 34.7 Å². The molecule has 28 heavy (non-hydrogen) atoms. The molecule has 7 nitrogen and oxygen atoms in total. The summed E-state index contributed by atoms with van der Waals surface area (Å²) in [6, 6.07) is 3.38. The van der Waals surface area contributed by atoms with Gasteiger partial charge in [-0.3, -0.25) is 4.79 Å². The van der Waals surface area contributed by atoms with E-state index in [1.54, 1.807) is 0 Å². The number of aromatic hydroxyl groups is 1. The van der Waals surface area contributed by atoms with Crippen LogP contribution in [-0.2, 0) is 15.7 Å². The molecule has 1 aromatic carbocycles. The zero-order chi connectivity index (χ0) is 20.1. The lowest BCUT2D eigenvalue weighted by Crippen LogP contribution is -2.18. The summed E-state index contributed by atoms with van der Waals surface area (Å²) in [4.78, 5) is 23.6. The van der Waals surface area contributed by atoms with Gasteiger partial charge < -0.3 is 19.6 Å². The molecule has 146 valence electrons. The summed E-state index contributed by atoms with van der Waals surface area (Å²) in [6.45, 7) is -0.00916. The van der Waals surface area contributed by atoms with Crippen molar-refractivity contribution in [3.8, 4) is 5.88 Å². The van der Waals surface area contributed by atoms with E-state index in [0.717, 1.165) is 17.4 Å². The molecule has 0 saturated carbocycles. The van der Waals surface area contributed by atoms with E-state index in [2.05, 4.69) is 15.0 Å². The molecule has 0 radical (unpaired) electrons. The van der Waals surface area contributed by atoms with E-state index in [1.165, 1.54) is 24.6 Å². The predicted molar refractivity (Wildman–Crippen MR) is 95.2 cm³/mol. The molecule has 1 atom stereocenters. The number of halogens is 3. The maximum absolute atomic E-state index is 13.4. The molecule has 0 spiro atoms. The van der Waals surface area contributed by atoms with Crippen LogP contribution in [0.15, 0.2) is 33.4 Å². The van der Waals surface area contributed by atoms with Crippen molar-refractivity contribution in [1.29, 1.82) is 0 Å². The molecule has 11 heteroatoms. The number of thiazole rings is 1. The number of methoxy groups -OCH3 is 1. The molecule has 0 bridgehead atoms. The lowest BCUT2D eigenvalue weighted by molar-refractivity contribution is -0.136. The molecule has 0 aliphatic carbocycles. The van der Waals surface area contributed by atoms with Gasteiger partial charge in [-0.2, -0.15) is 23.1 Å². The maximum atomic E-state index is 13.4. The summed E-state index contributed by atoms with van der Waals surface area (Å²) < 4.78 is 50.9. The first kappa shape index (κ1) is 18.4. The minimum atomic E-state index is -4.64. The number of hydrogen-bond acceptors (Lipinski definition) is 7. The van der Waals surface area contributed by atoms with Gasteiger partial charge in [-0.15, -0.1) is 0 Å². The summed E-state index contributed by atoms with van der Waals surface area (Å²) in [7, 11) is 1.40. The largest absolute Gasteiger partial charge is 0.493 e. The zero-order valence-corrected chi connectivity index (χ0v) is 15.0. The molecule has 1 aliphatic rings. The van der Waals surface area contributed by atoms with E-state index in [0.29, 0.717) is 0 Å². The average molecular weight is 411 g/mol. The number of aromatic amines is 1. The number of fused-ring (bicyclic) bond motifs is 2. The number of benzene rings is 1. The van der Waals surface area contributed by atoms with Gasteiger partial charge in [-0.1, -0.05) is 17.4 Å². The SMILES string of the molecule is COCC1OC(=Nc2nc(O)cs2)c2c1[nH]c1c(C(F)(F)F)cccc1c2=O. The van der Waals surface area contributed by atoms with E-state index >= 15 is 0 Å². The number of alkyl halides is 3. The monoisotopic (exact) mass is 411 g/mol. The molecule has 0 fully saturated rings. The van der Waals surface area contributed by atoms with Crippen molar-refractivity contribution in [2.24, 2.45) is 4.99 Å². The summed E-state index contributed by atoms with van der Waals surface area (Å²) in [5.41, 5.74) is -1.75. The second kappa shape index (κ2) is 6.60. The van der Waals surface area contributed by atoms with E-state index in [9.17, 15) is 23.1 Å². The van der Waals surface area contributed by atoms with Crippen LogP contribution in [0.25, 0.3) is 10.9 Å². The Hall–Kier alpha value is -2.92. The number of pyridine rings is 1. The molecule has 0 amide bonds. The molecular weight excluding hydrogens is 399 g/mol. The number of nitrogens with zero attached hydrogens (tertiary/aromatic N) is 2. The Labute approximate surface area is 159 Å². The van der Waals surface area contributed by atoms with E-state index in [-0.39, 0.29) is 45.7 Å². The summed E-state index contributed by atoms with van der Waals surface area (Å²) in [5, 5.41) is 10.7. The second-order valence-corrected chi connectivity index (χ2v) is 6.77. The summed E-state index contributed by atoms with van der Waals surface area (Å²) in [6.07, 6.45) is -5.48. The van der Waals surface area contributed by atoms with Gasteiger partial charge in [0.05, 0.1) is 28.8 Å². The molecule has 2 aromatic heterocycles. The van der Waals surface area contributed by atoms with E-state index in [4.69, 9.17) is 9.47 Å². The van der Waals surface area contributed by atoms with Crippen molar-refractivity contribution >= 4 is 33.3 Å². The van der Waals surface area contributed by atoms with Crippen LogP contribution in [0, 0.1) is 0 Å². The Balaban J connectivity index is 1.99. The number of nitrogens with one attached hydrogen (secondary N) is 1. The fourth-order valence-electron chi connectivity index (χ4n) is 3.02. The van der Waals surface area contributed by atoms with Gasteiger partial charge in [0, 0.05) is 12.5 Å². The molecule has 1 aliphatic heterocycles. The lowest BCUT2D eigenvalue weighted by atomic mass is 10.0. The van der Waals surface area contributed by atoms with Crippen LogP contribution < -0.4 is 5.43 Å². The van der Waals surface area contributed by atoms with Gasteiger partial charge >= 0.3 is 6.18 Å². The molecule has 0 saturated heterocycles. The van der Waals surface area contributed by atoms with Crippen molar-refractivity contribution in [3.63, 3.8) is 0 Å². The summed E-state index contributed by atoms with van der Waals surface area (Å²) in [5.74, 6) is -0.329. The van der Waals surface area contributed by atoms with Gasteiger partial charge in [0.25, 0.3) is 0 Å². The zero-order valence-electron chi connectivity index (χ0n) is 14.2. The number of aliphatic imine (C=N–C) groups is 1. The molecule has 1 unspecified atom stereocenters. The highest BCUT2D eigenvalue weighted by Crippen LogP contribution is 2.36. The number of H-pyrrole nitrogens is 1. The van der Waals surface area contributed by atoms with Crippen molar-refractivity contribution in [1.82, 2.24) is 9.97 Å². The minimum absolute atomic E-state index is 0.00916. The Kier molecular flexibility index (Phi) is 4.35. The van der Waals surface area contributed by atoms with Gasteiger partial charge in [0.15, 0.2) is 6.10 Å². The number of ether oxygens (including phenoxy) is 2. The highest BCUT2D eigenvalue weighted by atomic mass is 32.1. The maximum Gasteiger partial charge on any atom is 0.418 e. The molecule has 3 aromatic rings. The van der Waals surface area contributed by atoms with Crippen LogP contribution in [0.5, 0.6) is 5.88 Å². The van der Waals surface area contributed by atoms with Crippen molar-refractivity contribution < 1.29 is 27.8 Å². The molecule has 2 N–H and O–H groups in total. The van der Waals surface area contributed by atoms with E-state index < -0.39 is 23.3 Å². The number of aromatic nitrogens is 2. The van der Waals surface area contributed by atoms with Gasteiger partial charge in [0.1, 0.15) is 5.56 Å². The van der Waals surface area contributed by atoms with Gasteiger partial charge in [-0.05, 0) is 12.1 Å². The Morgan fingerprint density at radius 1 is 1.43 bits per heavy atom. The number of para-hydroxylation sites is 1. The summed E-state index contributed by atoms with van der Waals surface area (Å²) >= 11 is 1.02. The third-order valence-electron chi connectivity index (χ3n) is 4.16. The fraction of sp³-hybridized carbons (Fsp3) is 0.235. The first-order valence-electron chi connectivity index (χ1n) is 7.95. The third-order valence-corrected chi connectivity index (χ3v) is 4.88. The smallest absolute Gasteiger partial charge is 0.418 e. The first-order valence-corrected chi connectivity index (χ1v) is 8.82. The third kappa shape index (κ3) is 3.02. The molecule has 4 rings (SSSR count). The Morgan fingerprint density at radius 2 is 2.21 bits per heavy atom. The highest BCUT2D eigenvalue weighted by molar-refractivity contribution is 7.13. The molecule has 3 heterocycles. The standard InChI is InChI=1S/C17H12F3N3O4S/c1-26-5-9-13-11(15(27-9)23-16-21-10(24)6-28-16)14(25)7-3-2-4-8(12(7)22-13)17(18,19)20/h2-4,6,9,24H,5H2,1H3,(H,22,25). The number of hydrogen-bond donors (Lipinski definition) is 2. The fourth-order valence-corrected chi connectivity index (χ4v) is 3.56. The van der Waals surface area contributed by atoms with E-state index in [1.807, 2.05) is 0 Å². The van der Waals surface area contributed by atoms with Crippen molar-refractivity contribution in [2.45, 2.75) is 12.3 Å². The quantitative estimate of drug-likeness (QED) is 0.688. The van der Waals surface area contributed by atoms with Crippen LogP contribution in [0.4, 0.5) is 18.3 Å². The Morgan fingerprint density at radius 3 is 2.86 bits per heavy atom. The van der Waals surface area contributed by atoms with Crippen molar-refractivity contribution in [3.05, 3.63) is 50.6 Å². The van der Waals surface area contributed by atoms with Crippen LogP contribution in [0.3, 0.4) is 0 Å². The van der Waals surface area contributed by atoms with Crippen LogP contribution in [0.2, 0.25) is 0 Å². The Bertz CT molecular complexity index is 1150. The minimum Gasteiger partial charge on any atom is -0.493 e. The molecular formula is C17H12F3N3O4S. The normalized spacial score (nSPS) is 17.9. The first-order chi connectivity index (χ1) is 13.3. The van der Waals surface area contributed by atoms with Crippen LogP contribution >= 0.6 is 11.3 Å². The number of rotatable bonds is 3. The second-order valence-electron chi connectivity index (χ2n) is 5.94. The predicted octanol–water partition coefficient (Wildman–Crippen LogP) is 3.51. The lowest BCUT2D eigenvalue weighted by Gasteiger charge is -2.13. The topological polar surface area (TPSA) is 96.8 Å². The van der Waals surface area contributed by atoms with Crippen LogP contribution in [0.1, 0.15) is 22.9 Å². The van der Waals surface area contributed by atoms with Crippen molar-refractivity contribution in [2.75, 3.05) is 13.7 Å². The van der Waals surface area contributed by atoms with Gasteiger partial charge in [-0.25, -0.2) is 0 Å². The average Bonchev–Trinajstić information content (AvgIpc) is 3.18. The van der Waals surface area contributed by atoms with Gasteiger partial charge in [0.2, 0.25) is 22.3 Å².